The normalized spacial score (nSPS) is 9.54. The lowest BCUT2D eigenvalue weighted by Gasteiger charge is -1.95. The van der Waals surface area contributed by atoms with E-state index in [4.69, 9.17) is 10.2 Å². The van der Waals surface area contributed by atoms with E-state index in [9.17, 15) is 9.59 Å². The molecule has 0 fully saturated rings. The Morgan fingerprint density at radius 1 is 1.23 bits per heavy atom. The van der Waals surface area contributed by atoms with Crippen molar-refractivity contribution in [3.63, 3.8) is 0 Å². The molecular formula is C7H6N2O4. The Balaban J connectivity index is 2.81. The van der Waals surface area contributed by atoms with Crippen LogP contribution in [0.5, 0.6) is 0 Å². The second-order valence-corrected chi connectivity index (χ2v) is 2.27. The van der Waals surface area contributed by atoms with Crippen molar-refractivity contribution in [2.75, 3.05) is 0 Å². The van der Waals surface area contributed by atoms with Crippen molar-refractivity contribution in [1.29, 1.82) is 0 Å². The van der Waals surface area contributed by atoms with Gasteiger partial charge in [0.05, 0.1) is 18.3 Å². The van der Waals surface area contributed by atoms with Crippen molar-refractivity contribution in [2.45, 2.75) is 6.42 Å². The van der Waals surface area contributed by atoms with Gasteiger partial charge < -0.3 is 10.2 Å². The van der Waals surface area contributed by atoms with E-state index >= 15 is 0 Å². The second kappa shape index (κ2) is 3.61. The van der Waals surface area contributed by atoms with Gasteiger partial charge in [-0.25, -0.2) is 9.78 Å². The standard InChI is InChI=1S/C7H6N2O4/c10-6(11)1-4-2-9-5(3-8-4)7(12)13/h2-3H,1H2,(H,10,11)(H,12,13). The lowest BCUT2D eigenvalue weighted by Crippen LogP contribution is -2.06. The van der Waals surface area contributed by atoms with Crippen LogP contribution in [0.4, 0.5) is 0 Å². The number of nitrogens with zero attached hydrogens (tertiary/aromatic N) is 2. The summed E-state index contributed by atoms with van der Waals surface area (Å²) in [6.45, 7) is 0. The number of aliphatic carboxylic acids is 1. The SMILES string of the molecule is O=C(O)Cc1cnc(C(=O)O)cn1. The molecule has 0 aromatic carbocycles. The van der Waals surface area contributed by atoms with Gasteiger partial charge in [-0.2, -0.15) is 0 Å². The molecular weight excluding hydrogens is 176 g/mol. The summed E-state index contributed by atoms with van der Waals surface area (Å²) >= 11 is 0. The van der Waals surface area contributed by atoms with Crippen LogP contribution in [0.25, 0.3) is 0 Å². The lowest BCUT2D eigenvalue weighted by molar-refractivity contribution is -0.136. The molecule has 0 amide bonds. The van der Waals surface area contributed by atoms with Crippen molar-refractivity contribution < 1.29 is 19.8 Å². The van der Waals surface area contributed by atoms with Crippen molar-refractivity contribution >= 4 is 11.9 Å². The number of hydrogen-bond donors (Lipinski definition) is 2. The minimum Gasteiger partial charge on any atom is -0.481 e. The fourth-order valence-electron chi connectivity index (χ4n) is 0.711. The molecule has 1 rings (SSSR count). The quantitative estimate of drug-likeness (QED) is 0.671. The zero-order valence-corrected chi connectivity index (χ0v) is 6.47. The summed E-state index contributed by atoms with van der Waals surface area (Å²) in [7, 11) is 0. The largest absolute Gasteiger partial charge is 0.481 e. The van der Waals surface area contributed by atoms with E-state index < -0.39 is 11.9 Å². The number of aromatic carboxylic acids is 1. The Morgan fingerprint density at radius 2 is 1.92 bits per heavy atom. The summed E-state index contributed by atoms with van der Waals surface area (Å²) in [6, 6.07) is 0. The maximum atomic E-state index is 10.3. The third kappa shape index (κ3) is 2.51. The number of aromatic nitrogens is 2. The average molecular weight is 182 g/mol. The van der Waals surface area contributed by atoms with E-state index in [1.165, 1.54) is 0 Å². The van der Waals surface area contributed by atoms with E-state index in [0.29, 0.717) is 0 Å². The average Bonchev–Trinajstić information content (AvgIpc) is 2.04. The molecule has 0 aliphatic carbocycles. The van der Waals surface area contributed by atoms with E-state index in [-0.39, 0.29) is 17.8 Å². The molecule has 0 saturated heterocycles. The van der Waals surface area contributed by atoms with Crippen LogP contribution in [-0.4, -0.2) is 32.1 Å². The van der Waals surface area contributed by atoms with Crippen LogP contribution in [0.1, 0.15) is 16.2 Å². The van der Waals surface area contributed by atoms with Gasteiger partial charge in [-0.3, -0.25) is 9.78 Å². The van der Waals surface area contributed by atoms with Gasteiger partial charge in [0.2, 0.25) is 0 Å². The van der Waals surface area contributed by atoms with Crippen molar-refractivity contribution in [1.82, 2.24) is 9.97 Å². The number of hydrogen-bond acceptors (Lipinski definition) is 4. The molecule has 1 aromatic heterocycles. The van der Waals surface area contributed by atoms with Gasteiger partial charge in [-0.1, -0.05) is 0 Å². The summed E-state index contributed by atoms with van der Waals surface area (Å²) < 4.78 is 0. The maximum absolute atomic E-state index is 10.3. The monoisotopic (exact) mass is 182 g/mol. The molecule has 2 N–H and O–H groups in total. The predicted octanol–water partition coefficient (Wildman–Crippen LogP) is -0.198. The molecule has 0 unspecified atom stereocenters. The zero-order chi connectivity index (χ0) is 9.84. The van der Waals surface area contributed by atoms with Gasteiger partial charge in [0.25, 0.3) is 0 Å². The first-order valence-corrected chi connectivity index (χ1v) is 3.35. The Labute approximate surface area is 72.9 Å². The van der Waals surface area contributed by atoms with Gasteiger partial charge >= 0.3 is 11.9 Å². The van der Waals surface area contributed by atoms with Crippen LogP contribution in [0.2, 0.25) is 0 Å². The Morgan fingerprint density at radius 3 is 2.31 bits per heavy atom. The molecule has 0 aliphatic rings. The predicted molar refractivity (Wildman–Crippen MR) is 40.3 cm³/mol. The van der Waals surface area contributed by atoms with Crippen LogP contribution in [0, 0.1) is 0 Å². The molecule has 0 spiro atoms. The molecule has 0 radical (unpaired) electrons. The molecule has 6 heteroatoms. The minimum atomic E-state index is -1.19. The minimum absolute atomic E-state index is 0.200. The molecule has 1 heterocycles. The highest BCUT2D eigenvalue weighted by Gasteiger charge is 2.06. The highest BCUT2D eigenvalue weighted by atomic mass is 16.4. The molecule has 13 heavy (non-hydrogen) atoms. The number of carbonyl (C=O) groups is 2. The molecule has 0 aliphatic heterocycles. The van der Waals surface area contributed by atoms with E-state index in [1.807, 2.05) is 0 Å². The van der Waals surface area contributed by atoms with E-state index in [2.05, 4.69) is 9.97 Å². The molecule has 6 nitrogen and oxygen atoms in total. The van der Waals surface area contributed by atoms with E-state index in [1.54, 1.807) is 0 Å². The van der Waals surface area contributed by atoms with Crippen molar-refractivity contribution in [2.24, 2.45) is 0 Å². The topological polar surface area (TPSA) is 100 Å². The summed E-state index contributed by atoms with van der Waals surface area (Å²) in [4.78, 5) is 27.6. The van der Waals surface area contributed by atoms with Gasteiger partial charge in [-0.05, 0) is 0 Å². The first-order chi connectivity index (χ1) is 6.09. The third-order valence-electron chi connectivity index (χ3n) is 1.26. The Hall–Kier alpha value is -1.98. The summed E-state index contributed by atoms with van der Waals surface area (Å²) in [6.07, 6.45) is 1.91. The molecule has 68 valence electrons. The second-order valence-electron chi connectivity index (χ2n) is 2.27. The van der Waals surface area contributed by atoms with Crippen LogP contribution < -0.4 is 0 Å². The van der Waals surface area contributed by atoms with Gasteiger partial charge in [-0.15, -0.1) is 0 Å². The van der Waals surface area contributed by atoms with Crippen LogP contribution in [-0.2, 0) is 11.2 Å². The first kappa shape index (κ1) is 9.11. The fourth-order valence-corrected chi connectivity index (χ4v) is 0.711. The number of carboxylic acid groups (broad SMARTS) is 2. The molecule has 1 aromatic rings. The van der Waals surface area contributed by atoms with Crippen LogP contribution in [0.15, 0.2) is 12.4 Å². The maximum Gasteiger partial charge on any atom is 0.356 e. The Kier molecular flexibility index (Phi) is 2.53. The van der Waals surface area contributed by atoms with Gasteiger partial charge in [0, 0.05) is 6.20 Å². The third-order valence-corrected chi connectivity index (χ3v) is 1.26. The summed E-state index contributed by atoms with van der Waals surface area (Å²) in [5.41, 5.74) is 0.0339. The zero-order valence-electron chi connectivity index (χ0n) is 6.47. The fraction of sp³-hybridized carbons (Fsp3) is 0.143. The highest BCUT2D eigenvalue weighted by Crippen LogP contribution is 1.96. The van der Waals surface area contributed by atoms with Crippen molar-refractivity contribution in [3.05, 3.63) is 23.8 Å². The van der Waals surface area contributed by atoms with Crippen LogP contribution in [0.3, 0.4) is 0 Å². The summed E-state index contributed by atoms with van der Waals surface area (Å²) in [5, 5.41) is 16.8. The first-order valence-electron chi connectivity index (χ1n) is 3.35. The van der Waals surface area contributed by atoms with Crippen LogP contribution >= 0.6 is 0 Å². The molecule has 0 saturated carbocycles. The lowest BCUT2D eigenvalue weighted by atomic mass is 10.3. The van der Waals surface area contributed by atoms with Gasteiger partial charge in [0.1, 0.15) is 0 Å². The smallest absolute Gasteiger partial charge is 0.356 e. The highest BCUT2D eigenvalue weighted by molar-refractivity contribution is 5.84. The molecule has 0 bridgehead atoms. The van der Waals surface area contributed by atoms with Gasteiger partial charge in [0.15, 0.2) is 5.69 Å². The number of rotatable bonds is 3. The van der Waals surface area contributed by atoms with E-state index in [0.717, 1.165) is 12.4 Å². The van der Waals surface area contributed by atoms with Crippen molar-refractivity contribution in [3.8, 4) is 0 Å². The molecule has 0 atom stereocenters. The summed E-state index contributed by atoms with van der Waals surface area (Å²) in [5.74, 6) is -2.22. The Bertz CT molecular complexity index is 333. The number of carboxylic acids is 2.